The molecule has 0 fully saturated rings. The van der Waals surface area contributed by atoms with Gasteiger partial charge in [-0.2, -0.15) is 0 Å². The van der Waals surface area contributed by atoms with Gasteiger partial charge >= 0.3 is 0 Å². The molecule has 0 unspecified atom stereocenters. The number of aromatic nitrogens is 2. The van der Waals surface area contributed by atoms with E-state index in [1.807, 2.05) is 38.5 Å². The van der Waals surface area contributed by atoms with Gasteiger partial charge in [-0.1, -0.05) is 0 Å². The molecule has 2 rings (SSSR count). The SMILES string of the molecule is CNCc1ncc(-c2ccc(OC)c(Br)c2)n1C. The van der Waals surface area contributed by atoms with Crippen LogP contribution < -0.4 is 10.1 Å². The van der Waals surface area contributed by atoms with E-state index in [2.05, 4.69) is 30.8 Å². The number of hydrogen-bond donors (Lipinski definition) is 1. The molecule has 0 aliphatic carbocycles. The monoisotopic (exact) mass is 309 g/mol. The van der Waals surface area contributed by atoms with E-state index in [1.165, 1.54) is 0 Å². The summed E-state index contributed by atoms with van der Waals surface area (Å²) in [7, 11) is 5.60. The molecule has 96 valence electrons. The smallest absolute Gasteiger partial charge is 0.133 e. The van der Waals surface area contributed by atoms with Crippen molar-refractivity contribution in [1.29, 1.82) is 0 Å². The Morgan fingerprint density at radius 3 is 2.83 bits per heavy atom. The zero-order valence-electron chi connectivity index (χ0n) is 10.7. The van der Waals surface area contributed by atoms with Crippen molar-refractivity contribution in [2.45, 2.75) is 6.54 Å². The molecule has 0 amide bonds. The normalized spacial score (nSPS) is 10.7. The van der Waals surface area contributed by atoms with E-state index >= 15 is 0 Å². The van der Waals surface area contributed by atoms with Gasteiger partial charge in [-0.25, -0.2) is 4.98 Å². The summed E-state index contributed by atoms with van der Waals surface area (Å²) in [6, 6.07) is 6.02. The Kier molecular flexibility index (Phi) is 4.04. The maximum atomic E-state index is 5.23. The number of halogens is 1. The van der Waals surface area contributed by atoms with Gasteiger partial charge in [-0.15, -0.1) is 0 Å². The molecule has 1 aromatic carbocycles. The number of nitrogens with zero attached hydrogens (tertiary/aromatic N) is 2. The van der Waals surface area contributed by atoms with Crippen LogP contribution in [0.5, 0.6) is 5.75 Å². The Labute approximate surface area is 115 Å². The predicted octanol–water partition coefficient (Wildman–Crippen LogP) is 2.58. The van der Waals surface area contributed by atoms with Crippen LogP contribution in [-0.4, -0.2) is 23.7 Å². The Bertz CT molecular complexity index is 551. The van der Waals surface area contributed by atoms with E-state index in [-0.39, 0.29) is 0 Å². The van der Waals surface area contributed by atoms with Crippen molar-refractivity contribution in [3.63, 3.8) is 0 Å². The van der Waals surface area contributed by atoms with Crippen LogP contribution in [0, 0.1) is 0 Å². The molecule has 2 aromatic rings. The lowest BCUT2D eigenvalue weighted by atomic mass is 10.1. The molecule has 18 heavy (non-hydrogen) atoms. The third kappa shape index (κ3) is 2.42. The summed E-state index contributed by atoms with van der Waals surface area (Å²) in [5.74, 6) is 1.84. The van der Waals surface area contributed by atoms with Crippen molar-refractivity contribution >= 4 is 15.9 Å². The van der Waals surface area contributed by atoms with Crippen LogP contribution >= 0.6 is 15.9 Å². The van der Waals surface area contributed by atoms with Crippen LogP contribution in [0.25, 0.3) is 11.3 Å². The summed E-state index contributed by atoms with van der Waals surface area (Å²) in [6.45, 7) is 0.758. The van der Waals surface area contributed by atoms with E-state index in [1.54, 1.807) is 7.11 Å². The highest BCUT2D eigenvalue weighted by Crippen LogP contribution is 2.30. The van der Waals surface area contributed by atoms with Crippen molar-refractivity contribution in [1.82, 2.24) is 14.9 Å². The maximum absolute atomic E-state index is 5.23. The maximum Gasteiger partial charge on any atom is 0.133 e. The molecule has 0 saturated heterocycles. The molecular formula is C13H16BrN3O. The van der Waals surface area contributed by atoms with Gasteiger partial charge in [0, 0.05) is 12.6 Å². The summed E-state index contributed by atoms with van der Waals surface area (Å²) in [4.78, 5) is 4.41. The highest BCUT2D eigenvalue weighted by atomic mass is 79.9. The van der Waals surface area contributed by atoms with Gasteiger partial charge in [0.25, 0.3) is 0 Å². The predicted molar refractivity (Wildman–Crippen MR) is 75.7 cm³/mol. The van der Waals surface area contributed by atoms with Gasteiger partial charge in [0.15, 0.2) is 0 Å². The van der Waals surface area contributed by atoms with Gasteiger partial charge in [-0.05, 0) is 41.2 Å². The highest BCUT2D eigenvalue weighted by Gasteiger charge is 2.09. The fourth-order valence-electron chi connectivity index (χ4n) is 1.86. The largest absolute Gasteiger partial charge is 0.496 e. The average molecular weight is 310 g/mol. The Balaban J connectivity index is 2.39. The van der Waals surface area contributed by atoms with Gasteiger partial charge in [0.2, 0.25) is 0 Å². The first kappa shape index (κ1) is 13.1. The van der Waals surface area contributed by atoms with Crippen molar-refractivity contribution in [3.05, 3.63) is 34.7 Å². The average Bonchev–Trinajstić information content (AvgIpc) is 2.72. The topological polar surface area (TPSA) is 39.1 Å². The number of methoxy groups -OCH3 is 1. The van der Waals surface area contributed by atoms with Gasteiger partial charge < -0.3 is 14.6 Å². The fraction of sp³-hybridized carbons (Fsp3) is 0.308. The minimum Gasteiger partial charge on any atom is -0.496 e. The number of rotatable bonds is 4. The summed E-state index contributed by atoms with van der Waals surface area (Å²) >= 11 is 3.50. The second kappa shape index (κ2) is 5.54. The van der Waals surface area contributed by atoms with E-state index in [0.29, 0.717) is 0 Å². The van der Waals surface area contributed by atoms with Crippen LogP contribution in [0.1, 0.15) is 5.82 Å². The first-order chi connectivity index (χ1) is 8.67. The van der Waals surface area contributed by atoms with Crippen molar-refractivity contribution in [2.75, 3.05) is 14.2 Å². The van der Waals surface area contributed by atoms with E-state index < -0.39 is 0 Å². The summed E-state index contributed by atoms with van der Waals surface area (Å²) in [5.41, 5.74) is 2.20. The van der Waals surface area contributed by atoms with Crippen molar-refractivity contribution in [2.24, 2.45) is 7.05 Å². The molecular weight excluding hydrogens is 294 g/mol. The lowest BCUT2D eigenvalue weighted by Gasteiger charge is -2.08. The van der Waals surface area contributed by atoms with Crippen molar-refractivity contribution in [3.8, 4) is 17.0 Å². The number of hydrogen-bond acceptors (Lipinski definition) is 3. The van der Waals surface area contributed by atoms with Crippen LogP contribution in [0.4, 0.5) is 0 Å². The minimum absolute atomic E-state index is 0.758. The van der Waals surface area contributed by atoms with Crippen LogP contribution in [0.3, 0.4) is 0 Å². The molecule has 0 atom stereocenters. The molecule has 0 radical (unpaired) electrons. The second-order valence-electron chi connectivity index (χ2n) is 4.00. The number of ether oxygens (including phenoxy) is 1. The molecule has 0 bridgehead atoms. The summed E-state index contributed by atoms with van der Waals surface area (Å²) < 4.78 is 8.26. The molecule has 0 aliphatic rings. The number of imidazole rings is 1. The van der Waals surface area contributed by atoms with Crippen LogP contribution in [-0.2, 0) is 13.6 Å². The lowest BCUT2D eigenvalue weighted by molar-refractivity contribution is 0.412. The fourth-order valence-corrected chi connectivity index (χ4v) is 2.40. The third-order valence-corrected chi connectivity index (χ3v) is 3.49. The van der Waals surface area contributed by atoms with Crippen molar-refractivity contribution < 1.29 is 4.74 Å². The molecule has 1 aromatic heterocycles. The quantitative estimate of drug-likeness (QED) is 0.943. The molecule has 1 heterocycles. The number of benzene rings is 1. The van der Waals surface area contributed by atoms with E-state index in [9.17, 15) is 0 Å². The van der Waals surface area contributed by atoms with Crippen LogP contribution in [0.2, 0.25) is 0 Å². The Morgan fingerprint density at radius 2 is 2.22 bits per heavy atom. The molecule has 0 saturated carbocycles. The van der Waals surface area contributed by atoms with Gasteiger partial charge in [-0.3, -0.25) is 0 Å². The first-order valence-corrected chi connectivity index (χ1v) is 6.45. The molecule has 1 N–H and O–H groups in total. The van der Waals surface area contributed by atoms with Gasteiger partial charge in [0.05, 0.1) is 30.0 Å². The summed E-state index contributed by atoms with van der Waals surface area (Å²) in [5, 5.41) is 3.11. The van der Waals surface area contributed by atoms with Crippen LogP contribution in [0.15, 0.2) is 28.9 Å². The summed E-state index contributed by atoms with van der Waals surface area (Å²) in [6.07, 6.45) is 1.89. The zero-order valence-corrected chi connectivity index (χ0v) is 12.3. The molecule has 4 nitrogen and oxygen atoms in total. The third-order valence-electron chi connectivity index (χ3n) is 2.87. The molecule has 0 aliphatic heterocycles. The Hall–Kier alpha value is -1.33. The number of nitrogens with one attached hydrogen (secondary N) is 1. The lowest BCUT2D eigenvalue weighted by Crippen LogP contribution is -2.10. The van der Waals surface area contributed by atoms with E-state index in [4.69, 9.17) is 4.74 Å². The first-order valence-electron chi connectivity index (χ1n) is 5.66. The Morgan fingerprint density at radius 1 is 1.44 bits per heavy atom. The molecule has 0 spiro atoms. The highest BCUT2D eigenvalue weighted by molar-refractivity contribution is 9.10. The molecule has 5 heteroatoms. The minimum atomic E-state index is 0.758. The van der Waals surface area contributed by atoms with E-state index in [0.717, 1.165) is 33.8 Å². The standard InChI is InChI=1S/C13H16BrN3O/c1-15-8-13-16-7-11(17(13)2)9-4-5-12(18-3)10(14)6-9/h4-7,15H,8H2,1-3H3. The zero-order chi connectivity index (χ0) is 13.1. The second-order valence-corrected chi connectivity index (χ2v) is 4.85. The van der Waals surface area contributed by atoms with Gasteiger partial charge in [0.1, 0.15) is 11.6 Å².